The molecule has 0 aromatic heterocycles. The van der Waals surface area contributed by atoms with Gasteiger partial charge in [-0.15, -0.1) is 0 Å². The number of hydrogen-bond donors (Lipinski definition) is 1. The van der Waals surface area contributed by atoms with Gasteiger partial charge in [-0.05, 0) is 42.8 Å². The summed E-state index contributed by atoms with van der Waals surface area (Å²) in [4.78, 5) is 0. The fraction of sp³-hybridized carbons (Fsp3) is 0.375. The van der Waals surface area contributed by atoms with Gasteiger partial charge in [0.1, 0.15) is 5.75 Å². The number of benzene rings is 2. The molecule has 2 heteroatoms. The SMILES string of the molecule is CCCNCCc1c(OC)ccc2ccccc12. The predicted molar refractivity (Wildman–Crippen MR) is 77.4 cm³/mol. The van der Waals surface area contributed by atoms with E-state index in [1.165, 1.54) is 22.8 Å². The molecular weight excluding hydrogens is 222 g/mol. The molecule has 2 aromatic carbocycles. The van der Waals surface area contributed by atoms with Crippen molar-refractivity contribution in [2.45, 2.75) is 19.8 Å². The van der Waals surface area contributed by atoms with Crippen molar-refractivity contribution in [2.75, 3.05) is 20.2 Å². The van der Waals surface area contributed by atoms with Crippen LogP contribution in [0.2, 0.25) is 0 Å². The Labute approximate surface area is 109 Å². The van der Waals surface area contributed by atoms with Crippen LogP contribution in [0.4, 0.5) is 0 Å². The van der Waals surface area contributed by atoms with Crippen LogP contribution in [0.5, 0.6) is 5.75 Å². The summed E-state index contributed by atoms with van der Waals surface area (Å²) in [5.74, 6) is 0.993. The molecule has 0 radical (unpaired) electrons. The van der Waals surface area contributed by atoms with E-state index in [2.05, 4.69) is 48.6 Å². The predicted octanol–water partition coefficient (Wildman–Crippen LogP) is 3.39. The first-order valence-corrected chi connectivity index (χ1v) is 6.62. The summed E-state index contributed by atoms with van der Waals surface area (Å²) in [5, 5.41) is 6.03. The largest absolute Gasteiger partial charge is 0.496 e. The normalized spacial score (nSPS) is 10.8. The van der Waals surface area contributed by atoms with Crippen molar-refractivity contribution in [1.29, 1.82) is 0 Å². The van der Waals surface area contributed by atoms with Crippen molar-refractivity contribution in [3.8, 4) is 5.75 Å². The Bertz CT molecular complexity index is 507. The van der Waals surface area contributed by atoms with E-state index in [1.807, 2.05) is 0 Å². The van der Waals surface area contributed by atoms with Crippen LogP contribution in [-0.4, -0.2) is 20.2 Å². The number of fused-ring (bicyclic) bond motifs is 1. The lowest BCUT2D eigenvalue weighted by atomic mass is 10.0. The fourth-order valence-corrected chi connectivity index (χ4v) is 2.28. The lowest BCUT2D eigenvalue weighted by molar-refractivity contribution is 0.410. The Morgan fingerprint density at radius 3 is 2.67 bits per heavy atom. The molecule has 0 spiro atoms. The van der Waals surface area contributed by atoms with Crippen molar-refractivity contribution in [2.24, 2.45) is 0 Å². The topological polar surface area (TPSA) is 21.3 Å². The third-order valence-corrected chi connectivity index (χ3v) is 3.20. The molecule has 96 valence electrons. The van der Waals surface area contributed by atoms with Gasteiger partial charge in [0.15, 0.2) is 0 Å². The zero-order valence-corrected chi connectivity index (χ0v) is 11.2. The van der Waals surface area contributed by atoms with E-state index in [1.54, 1.807) is 7.11 Å². The molecule has 0 amide bonds. The second kappa shape index (κ2) is 6.41. The molecular formula is C16H21NO. The molecule has 1 N–H and O–H groups in total. The lowest BCUT2D eigenvalue weighted by Gasteiger charge is -2.12. The highest BCUT2D eigenvalue weighted by Gasteiger charge is 2.07. The van der Waals surface area contributed by atoms with Crippen molar-refractivity contribution >= 4 is 10.8 Å². The van der Waals surface area contributed by atoms with Gasteiger partial charge in [0.05, 0.1) is 7.11 Å². The molecule has 18 heavy (non-hydrogen) atoms. The highest BCUT2D eigenvalue weighted by atomic mass is 16.5. The fourth-order valence-electron chi connectivity index (χ4n) is 2.28. The van der Waals surface area contributed by atoms with Gasteiger partial charge < -0.3 is 10.1 Å². The van der Waals surface area contributed by atoms with Gasteiger partial charge in [-0.2, -0.15) is 0 Å². The van der Waals surface area contributed by atoms with E-state index in [0.717, 1.165) is 25.3 Å². The molecule has 0 saturated carbocycles. The Morgan fingerprint density at radius 2 is 1.89 bits per heavy atom. The van der Waals surface area contributed by atoms with Crippen LogP contribution < -0.4 is 10.1 Å². The Morgan fingerprint density at radius 1 is 1.06 bits per heavy atom. The van der Waals surface area contributed by atoms with E-state index in [9.17, 15) is 0 Å². The van der Waals surface area contributed by atoms with Crippen LogP contribution in [0.3, 0.4) is 0 Å². The maximum atomic E-state index is 5.48. The van der Waals surface area contributed by atoms with Crippen LogP contribution in [0.1, 0.15) is 18.9 Å². The molecule has 2 rings (SSSR count). The zero-order valence-electron chi connectivity index (χ0n) is 11.2. The summed E-state index contributed by atoms with van der Waals surface area (Å²) in [6.45, 7) is 4.26. The third kappa shape index (κ3) is 2.82. The maximum absolute atomic E-state index is 5.48. The maximum Gasteiger partial charge on any atom is 0.122 e. The lowest BCUT2D eigenvalue weighted by Crippen LogP contribution is -2.18. The summed E-state index contributed by atoms with van der Waals surface area (Å²) in [5.41, 5.74) is 1.30. The molecule has 0 heterocycles. The summed E-state index contributed by atoms with van der Waals surface area (Å²) >= 11 is 0. The van der Waals surface area contributed by atoms with Crippen molar-refractivity contribution in [1.82, 2.24) is 5.32 Å². The van der Waals surface area contributed by atoms with Crippen LogP contribution >= 0.6 is 0 Å². The van der Waals surface area contributed by atoms with Crippen LogP contribution in [0.25, 0.3) is 10.8 Å². The minimum Gasteiger partial charge on any atom is -0.496 e. The van der Waals surface area contributed by atoms with E-state index < -0.39 is 0 Å². The number of methoxy groups -OCH3 is 1. The van der Waals surface area contributed by atoms with Gasteiger partial charge in [0.25, 0.3) is 0 Å². The Kier molecular flexibility index (Phi) is 4.59. The van der Waals surface area contributed by atoms with Crippen LogP contribution in [0.15, 0.2) is 36.4 Å². The van der Waals surface area contributed by atoms with Gasteiger partial charge in [0, 0.05) is 5.56 Å². The Hall–Kier alpha value is -1.54. The summed E-state index contributed by atoms with van der Waals surface area (Å²) in [6.07, 6.45) is 2.18. The monoisotopic (exact) mass is 243 g/mol. The average Bonchev–Trinajstić information content (AvgIpc) is 2.43. The quantitative estimate of drug-likeness (QED) is 0.785. The van der Waals surface area contributed by atoms with Gasteiger partial charge in [-0.3, -0.25) is 0 Å². The highest BCUT2D eigenvalue weighted by Crippen LogP contribution is 2.28. The minimum atomic E-state index is 0.993. The summed E-state index contributed by atoms with van der Waals surface area (Å²) in [7, 11) is 1.74. The van der Waals surface area contributed by atoms with E-state index in [0.29, 0.717) is 0 Å². The van der Waals surface area contributed by atoms with Gasteiger partial charge in [-0.1, -0.05) is 37.3 Å². The first-order valence-electron chi connectivity index (χ1n) is 6.62. The summed E-state index contributed by atoms with van der Waals surface area (Å²) in [6, 6.07) is 12.7. The first-order chi connectivity index (χ1) is 8.86. The van der Waals surface area contributed by atoms with Crippen molar-refractivity contribution in [3.63, 3.8) is 0 Å². The highest BCUT2D eigenvalue weighted by molar-refractivity contribution is 5.87. The molecule has 2 nitrogen and oxygen atoms in total. The molecule has 0 bridgehead atoms. The van der Waals surface area contributed by atoms with Gasteiger partial charge in [-0.25, -0.2) is 0 Å². The molecule has 0 atom stereocenters. The number of hydrogen-bond acceptors (Lipinski definition) is 2. The van der Waals surface area contributed by atoms with Gasteiger partial charge in [0.2, 0.25) is 0 Å². The van der Waals surface area contributed by atoms with E-state index >= 15 is 0 Å². The Balaban J connectivity index is 2.27. The third-order valence-electron chi connectivity index (χ3n) is 3.20. The molecule has 0 saturated heterocycles. The van der Waals surface area contributed by atoms with E-state index in [-0.39, 0.29) is 0 Å². The van der Waals surface area contributed by atoms with Crippen LogP contribution in [0, 0.1) is 0 Å². The molecule has 0 aliphatic rings. The molecule has 0 unspecified atom stereocenters. The van der Waals surface area contributed by atoms with Crippen molar-refractivity contribution < 1.29 is 4.74 Å². The number of nitrogens with one attached hydrogen (secondary N) is 1. The van der Waals surface area contributed by atoms with Crippen molar-refractivity contribution in [3.05, 3.63) is 42.0 Å². The van der Waals surface area contributed by atoms with Gasteiger partial charge >= 0.3 is 0 Å². The van der Waals surface area contributed by atoms with E-state index in [4.69, 9.17) is 4.74 Å². The minimum absolute atomic E-state index is 0.993. The molecule has 0 aliphatic carbocycles. The van der Waals surface area contributed by atoms with Crippen LogP contribution in [-0.2, 0) is 6.42 Å². The second-order valence-electron chi connectivity index (χ2n) is 4.47. The number of rotatable bonds is 6. The standard InChI is InChI=1S/C16H21NO/c1-3-11-17-12-10-15-14-7-5-4-6-13(14)8-9-16(15)18-2/h4-9,17H,3,10-12H2,1-2H3. The molecule has 0 aliphatic heterocycles. The molecule has 0 fully saturated rings. The summed E-state index contributed by atoms with van der Waals surface area (Å²) < 4.78 is 5.48. The number of ether oxygens (including phenoxy) is 1. The molecule has 2 aromatic rings. The average molecular weight is 243 g/mol. The smallest absolute Gasteiger partial charge is 0.122 e. The first kappa shape index (κ1) is 12.9. The zero-order chi connectivity index (χ0) is 12.8. The second-order valence-corrected chi connectivity index (χ2v) is 4.47.